The van der Waals surface area contributed by atoms with Gasteiger partial charge in [-0.25, -0.2) is 9.78 Å². The lowest BCUT2D eigenvalue weighted by Crippen LogP contribution is -2.39. The third kappa shape index (κ3) is 5.84. The number of nitrogens with zero attached hydrogens (tertiary/aromatic N) is 2. The smallest absolute Gasteiger partial charge is 0.322 e. The first-order valence-electron chi connectivity index (χ1n) is 8.86. The molecular weight excluding hydrogens is 348 g/mol. The molecule has 0 saturated heterocycles. The Bertz CT molecular complexity index is 715. The first kappa shape index (κ1) is 19.9. The van der Waals surface area contributed by atoms with Crippen molar-refractivity contribution in [1.82, 2.24) is 15.2 Å². The summed E-state index contributed by atoms with van der Waals surface area (Å²) in [5.41, 5.74) is 1.16. The molecule has 140 valence electrons. The van der Waals surface area contributed by atoms with Crippen LogP contribution in [0.25, 0.3) is 0 Å². The maximum absolute atomic E-state index is 12.6. The fourth-order valence-corrected chi connectivity index (χ4v) is 3.08. The molecule has 1 heterocycles. The van der Waals surface area contributed by atoms with Crippen LogP contribution in [-0.4, -0.2) is 34.4 Å². The van der Waals surface area contributed by atoms with Gasteiger partial charge in [0, 0.05) is 23.7 Å². The molecule has 0 unspecified atom stereocenters. The minimum atomic E-state index is -0.185. The topological polar surface area (TPSA) is 74.3 Å². The number of benzene rings is 1. The molecule has 2 aromatic rings. The Morgan fingerprint density at radius 1 is 1.23 bits per heavy atom. The van der Waals surface area contributed by atoms with E-state index in [1.54, 1.807) is 10.3 Å². The van der Waals surface area contributed by atoms with Gasteiger partial charge in [-0.3, -0.25) is 4.79 Å². The predicted octanol–water partition coefficient (Wildman–Crippen LogP) is 4.12. The van der Waals surface area contributed by atoms with E-state index in [-0.39, 0.29) is 18.0 Å². The number of carbonyl (C=O) groups is 2. The molecule has 2 rings (SSSR count). The number of hydrogen-bond acceptors (Lipinski definition) is 4. The van der Waals surface area contributed by atoms with Crippen molar-refractivity contribution in [3.63, 3.8) is 0 Å². The summed E-state index contributed by atoms with van der Waals surface area (Å²) in [7, 11) is 0. The zero-order valence-electron chi connectivity index (χ0n) is 15.5. The summed E-state index contributed by atoms with van der Waals surface area (Å²) in [4.78, 5) is 30.7. The minimum absolute atomic E-state index is 0.00411. The largest absolute Gasteiger partial charge is 0.351 e. The molecule has 1 aromatic carbocycles. The van der Waals surface area contributed by atoms with Crippen molar-refractivity contribution in [2.75, 3.05) is 11.9 Å². The molecule has 0 aliphatic carbocycles. The van der Waals surface area contributed by atoms with Crippen molar-refractivity contribution >= 4 is 29.0 Å². The van der Waals surface area contributed by atoms with Crippen LogP contribution in [0.3, 0.4) is 0 Å². The number of amides is 3. The molecule has 0 fully saturated rings. The highest BCUT2D eigenvalue weighted by Crippen LogP contribution is 2.16. The molecule has 0 aliphatic rings. The molecule has 2 N–H and O–H groups in total. The van der Waals surface area contributed by atoms with E-state index in [9.17, 15) is 9.59 Å². The first-order chi connectivity index (χ1) is 12.5. The third-order valence-electron chi connectivity index (χ3n) is 3.82. The van der Waals surface area contributed by atoms with Crippen LogP contribution in [0.4, 0.5) is 10.5 Å². The van der Waals surface area contributed by atoms with Crippen molar-refractivity contribution in [2.45, 2.75) is 46.2 Å². The third-order valence-corrected chi connectivity index (χ3v) is 4.65. The van der Waals surface area contributed by atoms with E-state index in [1.165, 1.54) is 11.3 Å². The highest BCUT2D eigenvalue weighted by Gasteiger charge is 2.20. The molecule has 3 amide bonds. The molecule has 1 aromatic heterocycles. The maximum atomic E-state index is 12.6. The highest BCUT2D eigenvalue weighted by atomic mass is 32.1. The molecule has 7 heteroatoms. The number of thiazole rings is 1. The predicted molar refractivity (Wildman–Crippen MR) is 105 cm³/mol. The zero-order valence-corrected chi connectivity index (χ0v) is 16.3. The van der Waals surface area contributed by atoms with Crippen molar-refractivity contribution in [3.05, 3.63) is 46.4 Å². The van der Waals surface area contributed by atoms with Gasteiger partial charge in [-0.15, -0.1) is 11.3 Å². The van der Waals surface area contributed by atoms with Gasteiger partial charge < -0.3 is 15.5 Å². The SMILES string of the molecule is CCCCNC(=O)c1csc(CN(C(=O)Nc2ccccc2)C(C)C)n1. The van der Waals surface area contributed by atoms with Crippen molar-refractivity contribution < 1.29 is 9.59 Å². The first-order valence-corrected chi connectivity index (χ1v) is 9.74. The fourth-order valence-electron chi connectivity index (χ4n) is 2.31. The number of carbonyl (C=O) groups excluding carboxylic acids is 2. The summed E-state index contributed by atoms with van der Waals surface area (Å²) in [6.07, 6.45) is 1.98. The molecule has 0 aliphatic heterocycles. The van der Waals surface area contributed by atoms with Gasteiger partial charge >= 0.3 is 6.03 Å². The zero-order chi connectivity index (χ0) is 18.9. The Kier molecular flexibility index (Phi) is 7.59. The van der Waals surface area contributed by atoms with Crippen LogP contribution < -0.4 is 10.6 Å². The lowest BCUT2D eigenvalue weighted by Gasteiger charge is -2.26. The number of para-hydroxylation sites is 1. The van der Waals surface area contributed by atoms with Crippen LogP contribution in [0.5, 0.6) is 0 Å². The second kappa shape index (κ2) is 9.91. The second-order valence-corrected chi connectivity index (χ2v) is 7.20. The van der Waals surface area contributed by atoms with E-state index in [0.29, 0.717) is 18.8 Å². The maximum Gasteiger partial charge on any atom is 0.322 e. The van der Waals surface area contributed by atoms with E-state index in [1.807, 2.05) is 44.2 Å². The number of urea groups is 1. The lowest BCUT2D eigenvalue weighted by molar-refractivity contribution is 0.0948. The molecule has 6 nitrogen and oxygen atoms in total. The van der Waals surface area contributed by atoms with E-state index in [2.05, 4.69) is 22.5 Å². The summed E-state index contributed by atoms with van der Waals surface area (Å²) >= 11 is 1.39. The van der Waals surface area contributed by atoms with E-state index in [0.717, 1.165) is 23.5 Å². The van der Waals surface area contributed by atoms with Crippen molar-refractivity contribution in [2.24, 2.45) is 0 Å². The molecule has 0 radical (unpaired) electrons. The fraction of sp³-hybridized carbons (Fsp3) is 0.421. The number of unbranched alkanes of at least 4 members (excludes halogenated alkanes) is 1. The molecule has 0 bridgehead atoms. The average Bonchev–Trinajstić information content (AvgIpc) is 3.09. The van der Waals surface area contributed by atoms with Gasteiger partial charge in [-0.05, 0) is 32.4 Å². The van der Waals surface area contributed by atoms with Crippen LogP contribution >= 0.6 is 11.3 Å². The monoisotopic (exact) mass is 374 g/mol. The van der Waals surface area contributed by atoms with Crippen LogP contribution in [0.1, 0.15) is 49.1 Å². The lowest BCUT2D eigenvalue weighted by atomic mass is 10.3. The number of nitrogens with one attached hydrogen (secondary N) is 2. The normalized spacial score (nSPS) is 10.6. The van der Waals surface area contributed by atoms with Crippen LogP contribution in [-0.2, 0) is 6.54 Å². The summed E-state index contributed by atoms with van der Waals surface area (Å²) in [6.45, 7) is 7.00. The summed E-state index contributed by atoms with van der Waals surface area (Å²) in [5.74, 6) is -0.161. The Morgan fingerprint density at radius 3 is 2.62 bits per heavy atom. The Hall–Kier alpha value is -2.41. The van der Waals surface area contributed by atoms with Crippen molar-refractivity contribution in [1.29, 1.82) is 0 Å². The van der Waals surface area contributed by atoms with Gasteiger partial charge in [0.05, 0.1) is 6.54 Å². The molecule has 0 atom stereocenters. The standard InChI is InChI=1S/C19H26N4O2S/c1-4-5-11-20-18(24)16-13-26-17(22-16)12-23(14(2)3)19(25)21-15-9-7-6-8-10-15/h6-10,13-14H,4-5,11-12H2,1-3H3,(H,20,24)(H,21,25). The van der Waals surface area contributed by atoms with Crippen LogP contribution in [0.2, 0.25) is 0 Å². The molecule has 0 spiro atoms. The molecule has 26 heavy (non-hydrogen) atoms. The molecule has 0 saturated carbocycles. The van der Waals surface area contributed by atoms with Crippen LogP contribution in [0, 0.1) is 0 Å². The summed E-state index contributed by atoms with van der Waals surface area (Å²) in [5, 5.41) is 8.23. The van der Waals surface area contributed by atoms with E-state index in [4.69, 9.17) is 0 Å². The van der Waals surface area contributed by atoms with E-state index >= 15 is 0 Å². The Morgan fingerprint density at radius 2 is 1.96 bits per heavy atom. The van der Waals surface area contributed by atoms with Gasteiger partial charge in [-0.2, -0.15) is 0 Å². The van der Waals surface area contributed by atoms with Gasteiger partial charge in [0.2, 0.25) is 0 Å². The van der Waals surface area contributed by atoms with Crippen molar-refractivity contribution in [3.8, 4) is 0 Å². The van der Waals surface area contributed by atoms with Gasteiger partial charge in [0.1, 0.15) is 10.7 Å². The summed E-state index contributed by atoms with van der Waals surface area (Å²) in [6, 6.07) is 9.16. The Balaban J connectivity index is 1.99. The number of aromatic nitrogens is 1. The van der Waals surface area contributed by atoms with Gasteiger partial charge in [0.25, 0.3) is 5.91 Å². The quantitative estimate of drug-likeness (QED) is 0.683. The molecular formula is C19H26N4O2S. The van der Waals surface area contributed by atoms with Crippen LogP contribution in [0.15, 0.2) is 35.7 Å². The van der Waals surface area contributed by atoms with E-state index < -0.39 is 0 Å². The Labute approximate surface area is 158 Å². The van der Waals surface area contributed by atoms with Gasteiger partial charge in [-0.1, -0.05) is 31.5 Å². The number of rotatable bonds is 8. The number of anilines is 1. The second-order valence-electron chi connectivity index (χ2n) is 6.25. The number of hydrogen-bond donors (Lipinski definition) is 2. The summed E-state index contributed by atoms with van der Waals surface area (Å²) < 4.78 is 0. The average molecular weight is 375 g/mol. The van der Waals surface area contributed by atoms with Gasteiger partial charge in [0.15, 0.2) is 0 Å². The highest BCUT2D eigenvalue weighted by molar-refractivity contribution is 7.09. The minimum Gasteiger partial charge on any atom is -0.351 e.